The first-order valence-corrected chi connectivity index (χ1v) is 15.4. The van der Waals surface area contributed by atoms with Crippen LogP contribution in [0.25, 0.3) is 0 Å². The summed E-state index contributed by atoms with van der Waals surface area (Å²) < 4.78 is 0. The Morgan fingerprint density at radius 1 is 0.750 bits per heavy atom. The molecule has 0 aliphatic carbocycles. The van der Waals surface area contributed by atoms with Gasteiger partial charge >= 0.3 is 0 Å². The highest BCUT2D eigenvalue weighted by Crippen LogP contribution is 2.21. The van der Waals surface area contributed by atoms with Gasteiger partial charge in [0.15, 0.2) is 0 Å². The Hall–Kier alpha value is -0.240. The van der Waals surface area contributed by atoms with Crippen LogP contribution < -0.4 is 16.8 Å². The van der Waals surface area contributed by atoms with Gasteiger partial charge in [-0.3, -0.25) is 4.79 Å². The van der Waals surface area contributed by atoms with E-state index in [4.69, 9.17) is 11.5 Å². The van der Waals surface area contributed by atoms with Gasteiger partial charge in [-0.25, -0.2) is 0 Å². The fourth-order valence-corrected chi connectivity index (χ4v) is 5.72. The molecule has 1 amide bonds. The highest BCUT2D eigenvalue weighted by Gasteiger charge is 2.13. The minimum atomic E-state index is -0.509. The smallest absolute Gasteiger partial charge is 0.237 e. The number of carbonyl (C=O) groups excluding carboxylic acids is 2. The summed E-state index contributed by atoms with van der Waals surface area (Å²) in [4.78, 5) is 22.4. The topological polar surface area (TPSA) is 98.2 Å². The highest BCUT2D eigenvalue weighted by molar-refractivity contribution is 8.76. The van der Waals surface area contributed by atoms with Gasteiger partial charge in [-0.2, -0.15) is 0 Å². The van der Waals surface area contributed by atoms with Gasteiger partial charge in [0.1, 0.15) is 6.29 Å². The fraction of sp³-hybridized carbons (Fsp3) is 0.920. The van der Waals surface area contributed by atoms with Crippen molar-refractivity contribution in [1.82, 2.24) is 5.32 Å². The minimum Gasteiger partial charge on any atom is -0.355 e. The van der Waals surface area contributed by atoms with Crippen molar-refractivity contribution >= 4 is 33.8 Å². The van der Waals surface area contributed by atoms with E-state index in [1.54, 1.807) is 0 Å². The molecule has 2 atom stereocenters. The lowest BCUT2D eigenvalue weighted by Crippen LogP contribution is -2.42. The van der Waals surface area contributed by atoms with E-state index in [1.165, 1.54) is 111 Å². The lowest BCUT2D eigenvalue weighted by Gasteiger charge is -2.12. The molecule has 0 aliphatic rings. The summed E-state index contributed by atoms with van der Waals surface area (Å²) >= 11 is 0. The Morgan fingerprint density at radius 3 is 1.66 bits per heavy atom. The van der Waals surface area contributed by atoms with Crippen LogP contribution in [-0.4, -0.2) is 42.3 Å². The van der Waals surface area contributed by atoms with Gasteiger partial charge in [0.2, 0.25) is 5.91 Å². The molecule has 0 spiro atoms. The zero-order valence-corrected chi connectivity index (χ0v) is 22.5. The first-order valence-electron chi connectivity index (χ1n) is 13.0. The fourth-order valence-electron chi connectivity index (χ4n) is 3.50. The molecule has 0 aliphatic heterocycles. The predicted octanol–water partition coefficient (Wildman–Crippen LogP) is 5.85. The minimum absolute atomic E-state index is 0.0895. The SMILES string of the molecule is CC(C)CCCCCCCCCCCCCCCCNC(=O)C(N)CSSCC(N)C=O. The van der Waals surface area contributed by atoms with Crippen LogP contribution in [0.4, 0.5) is 0 Å². The van der Waals surface area contributed by atoms with Crippen molar-refractivity contribution in [2.45, 2.75) is 122 Å². The number of hydrogen-bond donors (Lipinski definition) is 3. The van der Waals surface area contributed by atoms with E-state index in [2.05, 4.69) is 19.2 Å². The first-order chi connectivity index (χ1) is 15.5. The Balaban J connectivity index is 3.28. The van der Waals surface area contributed by atoms with Gasteiger partial charge in [-0.15, -0.1) is 0 Å². The van der Waals surface area contributed by atoms with Crippen molar-refractivity contribution in [3.63, 3.8) is 0 Å². The maximum Gasteiger partial charge on any atom is 0.237 e. The molecule has 7 heteroatoms. The van der Waals surface area contributed by atoms with Gasteiger partial charge in [0, 0.05) is 18.1 Å². The van der Waals surface area contributed by atoms with Crippen molar-refractivity contribution in [3.05, 3.63) is 0 Å². The van der Waals surface area contributed by atoms with E-state index in [9.17, 15) is 9.59 Å². The van der Waals surface area contributed by atoms with Crippen LogP contribution in [0.2, 0.25) is 0 Å². The van der Waals surface area contributed by atoms with E-state index < -0.39 is 12.1 Å². The average molecular weight is 490 g/mol. The van der Waals surface area contributed by atoms with Crippen molar-refractivity contribution in [3.8, 4) is 0 Å². The van der Waals surface area contributed by atoms with Gasteiger partial charge in [0.05, 0.1) is 12.1 Å². The second kappa shape index (κ2) is 23.9. The molecule has 0 saturated heterocycles. The third-order valence-corrected chi connectivity index (χ3v) is 8.11. The molecule has 190 valence electrons. The van der Waals surface area contributed by atoms with E-state index in [0.717, 1.165) is 18.6 Å². The molecule has 0 bridgehead atoms. The van der Waals surface area contributed by atoms with Crippen LogP contribution in [0.5, 0.6) is 0 Å². The number of nitrogens with one attached hydrogen (secondary N) is 1. The third-order valence-electron chi connectivity index (χ3n) is 5.61. The highest BCUT2D eigenvalue weighted by atomic mass is 33.1. The van der Waals surface area contributed by atoms with Crippen LogP contribution in [0.3, 0.4) is 0 Å². The molecule has 32 heavy (non-hydrogen) atoms. The van der Waals surface area contributed by atoms with Crippen molar-refractivity contribution in [2.24, 2.45) is 17.4 Å². The Kier molecular flexibility index (Phi) is 23.7. The number of amides is 1. The van der Waals surface area contributed by atoms with E-state index in [1.807, 2.05) is 0 Å². The lowest BCUT2D eigenvalue weighted by atomic mass is 10.0. The lowest BCUT2D eigenvalue weighted by molar-refractivity contribution is -0.121. The quantitative estimate of drug-likeness (QED) is 0.0894. The number of unbranched alkanes of at least 4 members (excludes halogenated alkanes) is 13. The zero-order valence-electron chi connectivity index (χ0n) is 20.8. The van der Waals surface area contributed by atoms with E-state index in [0.29, 0.717) is 18.1 Å². The molecule has 5 N–H and O–H groups in total. The maximum absolute atomic E-state index is 12.0. The Bertz CT molecular complexity index is 439. The summed E-state index contributed by atoms with van der Waals surface area (Å²) in [6.45, 7) is 5.34. The second-order valence-corrected chi connectivity index (χ2v) is 12.0. The first kappa shape index (κ1) is 31.8. The number of aldehydes is 1. The zero-order chi connectivity index (χ0) is 23.9. The monoisotopic (exact) mass is 489 g/mol. The molecule has 0 aromatic heterocycles. The summed E-state index contributed by atoms with van der Waals surface area (Å²) in [6, 6.07) is -0.957. The number of carbonyl (C=O) groups is 2. The summed E-state index contributed by atoms with van der Waals surface area (Å²) in [6.07, 6.45) is 20.9. The molecule has 0 aromatic rings. The summed E-state index contributed by atoms with van der Waals surface area (Å²) in [5.74, 6) is 1.84. The van der Waals surface area contributed by atoms with Gasteiger partial charge in [-0.05, 0) is 12.3 Å². The number of rotatable bonds is 24. The summed E-state index contributed by atoms with van der Waals surface area (Å²) in [5.41, 5.74) is 11.4. The Morgan fingerprint density at radius 2 is 1.19 bits per heavy atom. The van der Waals surface area contributed by atoms with Crippen LogP contribution in [0.1, 0.15) is 110 Å². The molecule has 0 radical (unpaired) electrons. The number of nitrogens with two attached hydrogens (primary N) is 2. The molecular weight excluding hydrogens is 438 g/mol. The number of hydrogen-bond acceptors (Lipinski definition) is 6. The molecule has 0 saturated carbocycles. The van der Waals surface area contributed by atoms with Crippen LogP contribution >= 0.6 is 21.6 Å². The molecule has 0 heterocycles. The van der Waals surface area contributed by atoms with Gasteiger partial charge in [-0.1, -0.05) is 125 Å². The molecule has 0 rings (SSSR count). The van der Waals surface area contributed by atoms with Gasteiger partial charge < -0.3 is 21.6 Å². The normalized spacial score (nSPS) is 13.3. The predicted molar refractivity (Wildman–Crippen MR) is 144 cm³/mol. The van der Waals surface area contributed by atoms with Crippen LogP contribution in [0, 0.1) is 5.92 Å². The molecule has 2 unspecified atom stereocenters. The van der Waals surface area contributed by atoms with Crippen LogP contribution in [0.15, 0.2) is 0 Å². The Labute approximate surface area is 206 Å². The van der Waals surface area contributed by atoms with E-state index >= 15 is 0 Å². The van der Waals surface area contributed by atoms with Crippen molar-refractivity contribution < 1.29 is 9.59 Å². The largest absolute Gasteiger partial charge is 0.355 e. The van der Waals surface area contributed by atoms with Gasteiger partial charge in [0.25, 0.3) is 0 Å². The maximum atomic E-state index is 12.0. The second-order valence-electron chi connectivity index (χ2n) is 9.40. The standard InChI is InChI=1S/C25H51N3O2S2/c1-22(2)17-15-13-11-9-7-5-3-4-6-8-10-12-14-16-18-28-25(30)24(27)21-32-31-20-23(26)19-29/h19,22-24H,3-18,20-21,26-27H2,1-2H3,(H,28,30). The van der Waals surface area contributed by atoms with E-state index in [-0.39, 0.29) is 5.91 Å². The third kappa shape index (κ3) is 22.9. The average Bonchev–Trinajstić information content (AvgIpc) is 2.77. The molecule has 5 nitrogen and oxygen atoms in total. The van der Waals surface area contributed by atoms with Crippen molar-refractivity contribution in [1.29, 1.82) is 0 Å². The van der Waals surface area contributed by atoms with Crippen LogP contribution in [-0.2, 0) is 9.59 Å². The summed E-state index contributed by atoms with van der Waals surface area (Å²) in [5, 5.41) is 2.93. The van der Waals surface area contributed by atoms with Crippen molar-refractivity contribution in [2.75, 3.05) is 18.1 Å². The molecule has 0 aromatic carbocycles. The molecular formula is C25H51N3O2S2. The summed E-state index contributed by atoms with van der Waals surface area (Å²) in [7, 11) is 2.97. The molecule has 0 fully saturated rings.